The van der Waals surface area contributed by atoms with Gasteiger partial charge in [-0.05, 0) is 26.7 Å². The smallest absolute Gasteiger partial charge is 0.319 e. The third-order valence-corrected chi connectivity index (χ3v) is 3.32. The van der Waals surface area contributed by atoms with Gasteiger partial charge in [0.2, 0.25) is 0 Å². The largest absolute Gasteiger partial charge is 0.481 e. The quantitative estimate of drug-likeness (QED) is 0.818. The fourth-order valence-corrected chi connectivity index (χ4v) is 2.08. The van der Waals surface area contributed by atoms with E-state index in [0.717, 1.165) is 0 Å². The molecule has 0 saturated carbocycles. The predicted octanol–water partition coefficient (Wildman–Crippen LogP) is 1.26. The number of likely N-dealkylation sites (N-methyl/N-ethyl adjacent to an activating group) is 1. The highest BCUT2D eigenvalue weighted by molar-refractivity contribution is 5.75. The molecule has 6 nitrogen and oxygen atoms in total. The van der Waals surface area contributed by atoms with Gasteiger partial charge >= 0.3 is 12.0 Å². The zero-order valence-electron chi connectivity index (χ0n) is 12.0. The van der Waals surface area contributed by atoms with Gasteiger partial charge in [0.15, 0.2) is 0 Å². The van der Waals surface area contributed by atoms with Crippen molar-refractivity contribution in [3.05, 3.63) is 0 Å². The van der Waals surface area contributed by atoms with Crippen molar-refractivity contribution in [3.8, 4) is 0 Å². The molecule has 0 aromatic carbocycles. The topological polar surface area (TPSA) is 70.1 Å². The Morgan fingerprint density at radius 1 is 1.37 bits per heavy atom. The Balaban J connectivity index is 2.31. The van der Waals surface area contributed by atoms with E-state index in [-0.39, 0.29) is 18.1 Å². The SMILES string of the molecule is CC(C)OCCN(C)C(=O)N1CCC(C(=O)O)CC1. The fraction of sp³-hybridized carbons (Fsp3) is 0.846. The van der Waals surface area contributed by atoms with Crippen molar-refractivity contribution in [1.82, 2.24) is 9.80 Å². The van der Waals surface area contributed by atoms with E-state index in [1.165, 1.54) is 0 Å². The van der Waals surface area contributed by atoms with Gasteiger partial charge in [-0.3, -0.25) is 4.79 Å². The Bertz CT molecular complexity index is 312. The van der Waals surface area contributed by atoms with E-state index in [2.05, 4.69) is 0 Å². The van der Waals surface area contributed by atoms with Gasteiger partial charge in [0.05, 0.1) is 18.6 Å². The second-order valence-corrected chi connectivity index (χ2v) is 5.22. The Hall–Kier alpha value is -1.30. The summed E-state index contributed by atoms with van der Waals surface area (Å²) in [4.78, 5) is 26.3. The molecule has 0 radical (unpaired) electrons. The molecule has 0 aromatic heterocycles. The minimum Gasteiger partial charge on any atom is -0.481 e. The summed E-state index contributed by atoms with van der Waals surface area (Å²) in [6.07, 6.45) is 1.24. The molecule has 1 fully saturated rings. The normalized spacial score (nSPS) is 16.7. The first-order valence-electron chi connectivity index (χ1n) is 6.76. The van der Waals surface area contributed by atoms with Crippen LogP contribution in [0, 0.1) is 5.92 Å². The van der Waals surface area contributed by atoms with Crippen molar-refractivity contribution in [1.29, 1.82) is 0 Å². The first-order valence-corrected chi connectivity index (χ1v) is 6.76. The minimum absolute atomic E-state index is 0.0452. The summed E-state index contributed by atoms with van der Waals surface area (Å²) in [5, 5.41) is 8.91. The monoisotopic (exact) mass is 272 g/mol. The first-order chi connectivity index (χ1) is 8.91. The lowest BCUT2D eigenvalue weighted by molar-refractivity contribution is -0.143. The summed E-state index contributed by atoms with van der Waals surface area (Å²) in [6.45, 7) is 6.02. The van der Waals surface area contributed by atoms with Crippen molar-refractivity contribution in [2.75, 3.05) is 33.3 Å². The molecule has 0 unspecified atom stereocenters. The third-order valence-electron chi connectivity index (χ3n) is 3.32. The van der Waals surface area contributed by atoms with Crippen LogP contribution in [0.25, 0.3) is 0 Å². The van der Waals surface area contributed by atoms with Gasteiger partial charge in [0, 0.05) is 26.7 Å². The van der Waals surface area contributed by atoms with Gasteiger partial charge in [-0.25, -0.2) is 4.79 Å². The average molecular weight is 272 g/mol. The van der Waals surface area contributed by atoms with E-state index >= 15 is 0 Å². The molecule has 1 aliphatic rings. The Morgan fingerprint density at radius 2 is 1.95 bits per heavy atom. The maximum atomic E-state index is 12.1. The van der Waals surface area contributed by atoms with Crippen LogP contribution in [0.3, 0.4) is 0 Å². The lowest BCUT2D eigenvalue weighted by Crippen LogP contribution is -2.47. The number of carbonyl (C=O) groups excluding carboxylic acids is 1. The zero-order valence-corrected chi connectivity index (χ0v) is 12.0. The highest BCUT2D eigenvalue weighted by Crippen LogP contribution is 2.18. The van der Waals surface area contributed by atoms with Crippen LogP contribution >= 0.6 is 0 Å². The Morgan fingerprint density at radius 3 is 2.42 bits per heavy atom. The average Bonchev–Trinajstić information content (AvgIpc) is 2.37. The summed E-state index contributed by atoms with van der Waals surface area (Å²) in [5.41, 5.74) is 0. The Kier molecular flexibility index (Phi) is 6.08. The number of carboxylic acids is 1. The van der Waals surface area contributed by atoms with Gasteiger partial charge in [0.25, 0.3) is 0 Å². The maximum absolute atomic E-state index is 12.1. The lowest BCUT2D eigenvalue weighted by atomic mass is 9.97. The molecular formula is C13H24N2O4. The summed E-state index contributed by atoms with van der Waals surface area (Å²) in [5.74, 6) is -1.07. The maximum Gasteiger partial charge on any atom is 0.319 e. The van der Waals surface area contributed by atoms with Crippen molar-refractivity contribution in [2.45, 2.75) is 32.8 Å². The molecule has 1 N–H and O–H groups in total. The molecule has 1 rings (SSSR count). The van der Waals surface area contributed by atoms with Crippen molar-refractivity contribution >= 4 is 12.0 Å². The number of nitrogens with zero attached hydrogens (tertiary/aromatic N) is 2. The molecule has 110 valence electrons. The van der Waals surface area contributed by atoms with Crippen LogP contribution < -0.4 is 0 Å². The van der Waals surface area contributed by atoms with E-state index in [1.54, 1.807) is 16.8 Å². The number of ether oxygens (including phenoxy) is 1. The summed E-state index contributed by atoms with van der Waals surface area (Å²) in [7, 11) is 1.75. The predicted molar refractivity (Wildman–Crippen MR) is 71.0 cm³/mol. The van der Waals surface area contributed by atoms with Crippen LogP contribution in [-0.4, -0.2) is 66.3 Å². The molecule has 19 heavy (non-hydrogen) atoms. The number of piperidine rings is 1. The first kappa shape index (κ1) is 15.8. The fourth-order valence-electron chi connectivity index (χ4n) is 2.08. The van der Waals surface area contributed by atoms with Crippen molar-refractivity contribution in [2.24, 2.45) is 5.92 Å². The number of hydrogen-bond acceptors (Lipinski definition) is 3. The number of amides is 2. The van der Waals surface area contributed by atoms with Gasteiger partial charge < -0.3 is 19.6 Å². The standard InChI is InChI=1S/C13H24N2O4/c1-10(2)19-9-8-14(3)13(18)15-6-4-11(5-7-15)12(16)17/h10-11H,4-9H2,1-3H3,(H,16,17). The minimum atomic E-state index is -0.759. The zero-order chi connectivity index (χ0) is 14.4. The second-order valence-electron chi connectivity index (χ2n) is 5.22. The van der Waals surface area contributed by atoms with Crippen LogP contribution in [0.1, 0.15) is 26.7 Å². The van der Waals surface area contributed by atoms with Crippen LogP contribution in [0.15, 0.2) is 0 Å². The van der Waals surface area contributed by atoms with Crippen LogP contribution in [0.4, 0.5) is 4.79 Å². The number of carbonyl (C=O) groups is 2. The van der Waals surface area contributed by atoms with E-state index in [9.17, 15) is 9.59 Å². The van der Waals surface area contributed by atoms with E-state index in [0.29, 0.717) is 39.1 Å². The molecule has 1 saturated heterocycles. The molecule has 0 aromatic rings. The second kappa shape index (κ2) is 7.33. The molecule has 0 atom stereocenters. The number of aliphatic carboxylic acids is 1. The highest BCUT2D eigenvalue weighted by atomic mass is 16.5. The highest BCUT2D eigenvalue weighted by Gasteiger charge is 2.28. The summed E-state index contributed by atoms with van der Waals surface area (Å²) >= 11 is 0. The Labute approximate surface area is 114 Å². The van der Waals surface area contributed by atoms with Gasteiger partial charge in [-0.15, -0.1) is 0 Å². The molecule has 1 aliphatic heterocycles. The number of likely N-dealkylation sites (tertiary alicyclic amines) is 1. The van der Waals surface area contributed by atoms with Crippen molar-refractivity contribution in [3.63, 3.8) is 0 Å². The number of rotatable bonds is 5. The lowest BCUT2D eigenvalue weighted by Gasteiger charge is -2.33. The van der Waals surface area contributed by atoms with Gasteiger partial charge in [-0.2, -0.15) is 0 Å². The molecule has 0 spiro atoms. The molecule has 0 bridgehead atoms. The van der Waals surface area contributed by atoms with Crippen LogP contribution in [0.5, 0.6) is 0 Å². The summed E-state index contributed by atoms with van der Waals surface area (Å²) in [6, 6.07) is -0.0452. The molecule has 1 heterocycles. The summed E-state index contributed by atoms with van der Waals surface area (Å²) < 4.78 is 5.41. The van der Waals surface area contributed by atoms with E-state index in [4.69, 9.17) is 9.84 Å². The van der Waals surface area contributed by atoms with Crippen LogP contribution in [-0.2, 0) is 9.53 Å². The van der Waals surface area contributed by atoms with Gasteiger partial charge in [-0.1, -0.05) is 0 Å². The molecule has 6 heteroatoms. The van der Waals surface area contributed by atoms with E-state index < -0.39 is 5.97 Å². The number of carboxylic acid groups (broad SMARTS) is 1. The van der Waals surface area contributed by atoms with Gasteiger partial charge in [0.1, 0.15) is 0 Å². The molecule has 0 aliphatic carbocycles. The molecule has 2 amide bonds. The van der Waals surface area contributed by atoms with Crippen LogP contribution in [0.2, 0.25) is 0 Å². The number of hydrogen-bond donors (Lipinski definition) is 1. The van der Waals surface area contributed by atoms with Crippen molar-refractivity contribution < 1.29 is 19.4 Å². The van der Waals surface area contributed by atoms with E-state index in [1.807, 2.05) is 13.8 Å². The number of urea groups is 1. The third kappa shape index (κ3) is 5.06. The molecular weight excluding hydrogens is 248 g/mol.